The highest BCUT2D eigenvalue weighted by Crippen LogP contribution is 2.21. The van der Waals surface area contributed by atoms with E-state index in [1.54, 1.807) is 0 Å². The van der Waals surface area contributed by atoms with Crippen LogP contribution in [0.15, 0.2) is 121 Å². The third-order valence-electron chi connectivity index (χ3n) is 6.51. The summed E-state index contributed by atoms with van der Waals surface area (Å²) in [6.07, 6.45) is 4.06. The van der Waals surface area contributed by atoms with Gasteiger partial charge in [0.15, 0.2) is 0 Å². The zero-order valence-electron chi connectivity index (χ0n) is 22.0. The van der Waals surface area contributed by atoms with Crippen LogP contribution in [0.5, 0.6) is 0 Å². The van der Waals surface area contributed by atoms with Gasteiger partial charge in [-0.15, -0.1) is 0 Å². The SMILES string of the molecule is CCCCO[Si](O[Si](OCCCC)(c1ccccc1)c1ccccc1)(c1ccccc1)c1ccccc1. The Morgan fingerprint density at radius 1 is 0.432 bits per heavy atom. The van der Waals surface area contributed by atoms with Crippen LogP contribution in [-0.4, -0.2) is 30.3 Å². The summed E-state index contributed by atoms with van der Waals surface area (Å²) in [5.74, 6) is 0. The Morgan fingerprint density at radius 2 is 0.703 bits per heavy atom. The molecule has 0 aliphatic rings. The van der Waals surface area contributed by atoms with Crippen LogP contribution in [0.1, 0.15) is 39.5 Å². The average molecular weight is 527 g/mol. The molecule has 0 heterocycles. The third kappa shape index (κ3) is 6.37. The van der Waals surface area contributed by atoms with E-state index >= 15 is 0 Å². The second-order valence-electron chi connectivity index (χ2n) is 9.20. The third-order valence-corrected chi connectivity index (χ3v) is 14.4. The molecule has 0 unspecified atom stereocenters. The Labute approximate surface area is 224 Å². The van der Waals surface area contributed by atoms with Crippen molar-refractivity contribution in [2.75, 3.05) is 13.2 Å². The van der Waals surface area contributed by atoms with Gasteiger partial charge in [0, 0.05) is 13.2 Å². The molecule has 0 fully saturated rings. The van der Waals surface area contributed by atoms with Gasteiger partial charge in [-0.3, -0.25) is 0 Å². The smallest absolute Gasteiger partial charge is 0.398 e. The molecule has 0 aliphatic heterocycles. The zero-order chi connectivity index (χ0) is 25.8. The molecule has 0 atom stereocenters. The van der Waals surface area contributed by atoms with Crippen molar-refractivity contribution in [1.29, 1.82) is 0 Å². The fourth-order valence-corrected chi connectivity index (χ4v) is 13.2. The van der Waals surface area contributed by atoms with Crippen LogP contribution in [0.4, 0.5) is 0 Å². The Hall–Kier alpha value is -2.81. The van der Waals surface area contributed by atoms with Crippen LogP contribution in [0, 0.1) is 0 Å². The van der Waals surface area contributed by atoms with Crippen LogP contribution in [0.25, 0.3) is 0 Å². The summed E-state index contributed by atoms with van der Waals surface area (Å²) >= 11 is 0. The van der Waals surface area contributed by atoms with Crippen LogP contribution < -0.4 is 20.7 Å². The predicted molar refractivity (Wildman–Crippen MR) is 159 cm³/mol. The van der Waals surface area contributed by atoms with E-state index in [2.05, 4.69) is 135 Å². The standard InChI is InChI=1S/C32H38O3Si2/c1-3-5-27-33-36(29-19-11-7-12-20-29,30-21-13-8-14-22-30)35-37(34-28-6-4-2,31-23-15-9-16-24-31)32-25-17-10-18-26-32/h7-26H,3-6,27-28H2,1-2H3. The Kier molecular flexibility index (Phi) is 10.1. The zero-order valence-corrected chi connectivity index (χ0v) is 24.0. The minimum atomic E-state index is -3.21. The van der Waals surface area contributed by atoms with Crippen molar-refractivity contribution in [3.05, 3.63) is 121 Å². The first-order valence-electron chi connectivity index (χ1n) is 13.5. The van der Waals surface area contributed by atoms with Gasteiger partial charge in [0.2, 0.25) is 0 Å². The van der Waals surface area contributed by atoms with E-state index < -0.39 is 17.1 Å². The number of hydrogen-bond acceptors (Lipinski definition) is 3. The maximum atomic E-state index is 7.70. The molecular formula is C32H38O3Si2. The van der Waals surface area contributed by atoms with E-state index in [0.717, 1.165) is 46.4 Å². The van der Waals surface area contributed by atoms with Gasteiger partial charge in [0.05, 0.1) is 0 Å². The largest absolute Gasteiger partial charge is 0.401 e. The minimum absolute atomic E-state index is 0.634. The highest BCUT2D eigenvalue weighted by atomic mass is 28.5. The molecule has 0 aromatic heterocycles. The Morgan fingerprint density at radius 3 is 0.946 bits per heavy atom. The van der Waals surface area contributed by atoms with Gasteiger partial charge < -0.3 is 13.0 Å². The first-order valence-corrected chi connectivity index (χ1v) is 17.1. The summed E-state index contributed by atoms with van der Waals surface area (Å²) in [5, 5.41) is 4.39. The molecule has 37 heavy (non-hydrogen) atoms. The van der Waals surface area contributed by atoms with Crippen LogP contribution >= 0.6 is 0 Å². The normalized spacial score (nSPS) is 11.9. The molecule has 4 rings (SSSR count). The van der Waals surface area contributed by atoms with E-state index in [0.29, 0.717) is 13.2 Å². The van der Waals surface area contributed by atoms with Gasteiger partial charge >= 0.3 is 17.1 Å². The van der Waals surface area contributed by atoms with Gasteiger partial charge in [-0.1, -0.05) is 148 Å². The number of unbranched alkanes of at least 4 members (excludes halogenated alkanes) is 2. The summed E-state index contributed by atoms with van der Waals surface area (Å²) in [4.78, 5) is 0. The quantitative estimate of drug-likeness (QED) is 0.168. The van der Waals surface area contributed by atoms with Crippen molar-refractivity contribution in [2.45, 2.75) is 39.5 Å². The van der Waals surface area contributed by atoms with Crippen LogP contribution in [-0.2, 0) is 13.0 Å². The van der Waals surface area contributed by atoms with Crippen LogP contribution in [0.2, 0.25) is 0 Å². The van der Waals surface area contributed by atoms with E-state index in [4.69, 9.17) is 13.0 Å². The molecule has 0 aliphatic carbocycles. The molecule has 5 heteroatoms. The topological polar surface area (TPSA) is 27.7 Å². The van der Waals surface area contributed by atoms with Crippen molar-refractivity contribution in [3.8, 4) is 0 Å². The lowest BCUT2D eigenvalue weighted by molar-refractivity contribution is 0.208. The molecule has 0 radical (unpaired) electrons. The van der Waals surface area contributed by atoms with Gasteiger partial charge in [-0.05, 0) is 33.6 Å². The molecule has 4 aromatic rings. The maximum absolute atomic E-state index is 7.70. The lowest BCUT2D eigenvalue weighted by atomic mass is 10.4. The summed E-state index contributed by atoms with van der Waals surface area (Å²) in [6, 6.07) is 42.1. The average Bonchev–Trinajstić information content (AvgIpc) is 2.98. The number of hydrogen-bond donors (Lipinski definition) is 0. The lowest BCUT2D eigenvalue weighted by Crippen LogP contribution is -2.75. The fraction of sp³-hybridized carbons (Fsp3) is 0.250. The van der Waals surface area contributed by atoms with E-state index in [9.17, 15) is 0 Å². The fourth-order valence-electron chi connectivity index (χ4n) is 4.51. The molecule has 0 N–H and O–H groups in total. The molecule has 0 spiro atoms. The summed E-state index contributed by atoms with van der Waals surface area (Å²) < 4.78 is 21.7. The highest BCUT2D eigenvalue weighted by molar-refractivity contribution is 7.04. The molecule has 0 saturated carbocycles. The molecule has 0 bridgehead atoms. The highest BCUT2D eigenvalue weighted by Gasteiger charge is 2.54. The molecule has 0 saturated heterocycles. The predicted octanol–water partition coefficient (Wildman–Crippen LogP) is 5.15. The van der Waals surface area contributed by atoms with Gasteiger partial charge in [-0.2, -0.15) is 0 Å². The van der Waals surface area contributed by atoms with E-state index in [-0.39, 0.29) is 0 Å². The van der Waals surface area contributed by atoms with Crippen LogP contribution in [0.3, 0.4) is 0 Å². The monoisotopic (exact) mass is 526 g/mol. The minimum Gasteiger partial charge on any atom is -0.401 e. The van der Waals surface area contributed by atoms with Gasteiger partial charge in [-0.25, -0.2) is 0 Å². The second-order valence-corrected chi connectivity index (χ2v) is 15.4. The van der Waals surface area contributed by atoms with Gasteiger partial charge in [0.25, 0.3) is 0 Å². The lowest BCUT2D eigenvalue weighted by Gasteiger charge is -2.41. The van der Waals surface area contributed by atoms with E-state index in [1.807, 2.05) is 0 Å². The van der Waals surface area contributed by atoms with Crippen molar-refractivity contribution >= 4 is 37.9 Å². The van der Waals surface area contributed by atoms with Gasteiger partial charge in [0.1, 0.15) is 0 Å². The maximum Gasteiger partial charge on any atom is 0.398 e. The van der Waals surface area contributed by atoms with Crippen molar-refractivity contribution < 1.29 is 13.0 Å². The van der Waals surface area contributed by atoms with E-state index in [1.165, 1.54) is 0 Å². The number of benzene rings is 4. The molecule has 0 amide bonds. The van der Waals surface area contributed by atoms with Crippen molar-refractivity contribution in [1.82, 2.24) is 0 Å². The molecular weight excluding hydrogens is 489 g/mol. The molecule has 3 nitrogen and oxygen atoms in total. The first kappa shape index (κ1) is 27.2. The Balaban J connectivity index is 1.98. The van der Waals surface area contributed by atoms with Crippen molar-refractivity contribution in [2.24, 2.45) is 0 Å². The van der Waals surface area contributed by atoms with Crippen molar-refractivity contribution in [3.63, 3.8) is 0 Å². The number of rotatable bonds is 14. The molecule has 192 valence electrons. The summed E-state index contributed by atoms with van der Waals surface area (Å²) in [7, 11) is -6.42. The Bertz CT molecular complexity index is 998. The second kappa shape index (κ2) is 13.7. The summed E-state index contributed by atoms with van der Waals surface area (Å²) in [6.45, 7) is 5.66. The first-order chi connectivity index (χ1) is 18.2. The molecule has 4 aromatic carbocycles. The summed E-state index contributed by atoms with van der Waals surface area (Å²) in [5.41, 5.74) is 0.